The lowest BCUT2D eigenvalue weighted by Gasteiger charge is -2.22. The number of hydrogen-bond donors (Lipinski definition) is 0. The zero-order valence-corrected chi connectivity index (χ0v) is 16.2. The van der Waals surface area contributed by atoms with Crippen molar-refractivity contribution in [2.75, 3.05) is 13.1 Å². The topological polar surface area (TPSA) is 102 Å². The number of unbranched alkanes of at least 4 members (excludes halogenated alkanes) is 1. The molecule has 0 bridgehead atoms. The largest absolute Gasteiger partial charge is 0.339 e. The quantitative estimate of drug-likeness (QED) is 0.399. The molecular weight excluding hydrogens is 372 g/mol. The Morgan fingerprint density at radius 2 is 1.93 bits per heavy atom. The van der Waals surface area contributed by atoms with Crippen LogP contribution in [0, 0.1) is 10.1 Å². The number of hydrogen-bond acceptors (Lipinski definition) is 6. The molecule has 0 N–H and O–H groups in total. The number of nitro groups is 1. The third-order valence-electron chi connectivity index (χ3n) is 4.47. The highest BCUT2D eigenvalue weighted by Crippen LogP contribution is 2.21. The lowest BCUT2D eigenvalue weighted by Crippen LogP contribution is -2.33. The van der Waals surface area contributed by atoms with Crippen LogP contribution in [0.4, 0.5) is 5.69 Å². The number of nitrogens with zero attached hydrogens (tertiary/aromatic N) is 4. The number of amides is 1. The predicted octanol–water partition coefficient (Wildman–Crippen LogP) is 4.13. The number of benzene rings is 2. The van der Waals surface area contributed by atoms with Crippen LogP contribution in [0.5, 0.6) is 0 Å². The van der Waals surface area contributed by atoms with Gasteiger partial charge in [-0.3, -0.25) is 14.9 Å². The summed E-state index contributed by atoms with van der Waals surface area (Å²) < 4.78 is 5.29. The summed E-state index contributed by atoms with van der Waals surface area (Å²) >= 11 is 0. The molecule has 0 saturated carbocycles. The molecule has 0 spiro atoms. The molecule has 29 heavy (non-hydrogen) atoms. The molecule has 0 radical (unpaired) electrons. The Kier molecular flexibility index (Phi) is 6.67. The summed E-state index contributed by atoms with van der Waals surface area (Å²) in [4.78, 5) is 29.4. The molecule has 0 aliphatic rings. The Morgan fingerprint density at radius 1 is 1.14 bits per heavy atom. The number of carbonyl (C=O) groups is 1. The molecule has 0 atom stereocenters. The van der Waals surface area contributed by atoms with Crippen LogP contribution in [-0.4, -0.2) is 39.0 Å². The number of non-ortho nitro benzene ring substituents is 1. The normalized spacial score (nSPS) is 10.7. The van der Waals surface area contributed by atoms with Gasteiger partial charge in [-0.1, -0.05) is 48.8 Å². The second kappa shape index (κ2) is 9.59. The van der Waals surface area contributed by atoms with Crippen molar-refractivity contribution in [1.82, 2.24) is 15.0 Å². The van der Waals surface area contributed by atoms with Gasteiger partial charge in [0.05, 0.1) is 4.92 Å². The second-order valence-electron chi connectivity index (χ2n) is 6.58. The predicted molar refractivity (Wildman–Crippen MR) is 107 cm³/mol. The maximum atomic E-state index is 12.8. The van der Waals surface area contributed by atoms with Gasteiger partial charge in [-0.05, 0) is 18.6 Å². The van der Waals surface area contributed by atoms with E-state index in [1.165, 1.54) is 12.1 Å². The van der Waals surface area contributed by atoms with Gasteiger partial charge in [0.15, 0.2) is 0 Å². The van der Waals surface area contributed by atoms with E-state index in [9.17, 15) is 14.9 Å². The fourth-order valence-corrected chi connectivity index (χ4v) is 2.89. The van der Waals surface area contributed by atoms with Gasteiger partial charge in [0, 0.05) is 42.8 Å². The third-order valence-corrected chi connectivity index (χ3v) is 4.47. The van der Waals surface area contributed by atoms with Gasteiger partial charge >= 0.3 is 0 Å². The minimum absolute atomic E-state index is 0.0301. The zero-order chi connectivity index (χ0) is 20.6. The van der Waals surface area contributed by atoms with E-state index in [4.69, 9.17) is 4.52 Å². The highest BCUT2D eigenvalue weighted by Gasteiger charge is 2.17. The highest BCUT2D eigenvalue weighted by molar-refractivity contribution is 5.94. The summed E-state index contributed by atoms with van der Waals surface area (Å²) in [5, 5.41) is 14.9. The Morgan fingerprint density at radius 3 is 2.66 bits per heavy atom. The molecule has 3 aromatic rings. The number of carbonyl (C=O) groups excluding carboxylic acids is 1. The van der Waals surface area contributed by atoms with Crippen LogP contribution < -0.4 is 0 Å². The number of rotatable bonds is 9. The first-order chi connectivity index (χ1) is 14.1. The lowest BCUT2D eigenvalue weighted by molar-refractivity contribution is -0.384. The molecule has 0 aliphatic heterocycles. The van der Waals surface area contributed by atoms with Gasteiger partial charge in [-0.15, -0.1) is 0 Å². The molecule has 3 rings (SSSR count). The summed E-state index contributed by atoms with van der Waals surface area (Å²) in [5.41, 5.74) is 1.12. The standard InChI is InChI=1S/C21H22N4O4/c1-2-3-13-24(21(26)16-8-5-4-6-9-16)14-12-19-22-20(23-29-19)17-10-7-11-18(15-17)25(27)28/h4-11,15H,2-3,12-14H2,1H3. The molecule has 0 aliphatic carbocycles. The summed E-state index contributed by atoms with van der Waals surface area (Å²) in [6, 6.07) is 15.2. The van der Waals surface area contributed by atoms with Crippen LogP contribution in [0.2, 0.25) is 0 Å². The smallest absolute Gasteiger partial charge is 0.270 e. The maximum absolute atomic E-state index is 12.8. The molecule has 1 heterocycles. The fourth-order valence-electron chi connectivity index (χ4n) is 2.89. The van der Waals surface area contributed by atoms with Crippen molar-refractivity contribution in [3.63, 3.8) is 0 Å². The molecule has 1 aromatic heterocycles. The van der Waals surface area contributed by atoms with Crippen molar-refractivity contribution in [2.24, 2.45) is 0 Å². The Bertz CT molecular complexity index is 972. The van der Waals surface area contributed by atoms with Gasteiger partial charge in [-0.2, -0.15) is 4.98 Å². The van der Waals surface area contributed by atoms with Crippen molar-refractivity contribution < 1.29 is 14.2 Å². The van der Waals surface area contributed by atoms with Crippen LogP contribution >= 0.6 is 0 Å². The lowest BCUT2D eigenvalue weighted by atomic mass is 10.2. The van der Waals surface area contributed by atoms with Crippen molar-refractivity contribution in [1.29, 1.82) is 0 Å². The van der Waals surface area contributed by atoms with E-state index >= 15 is 0 Å². The van der Waals surface area contributed by atoms with Crippen molar-refractivity contribution in [3.05, 3.63) is 76.2 Å². The average molecular weight is 394 g/mol. The molecule has 0 fully saturated rings. The van der Waals surface area contributed by atoms with Crippen LogP contribution in [0.15, 0.2) is 59.1 Å². The summed E-state index contributed by atoms with van der Waals surface area (Å²) in [5.74, 6) is 0.643. The van der Waals surface area contributed by atoms with E-state index in [0.717, 1.165) is 12.8 Å². The molecule has 1 amide bonds. The fraction of sp³-hybridized carbons (Fsp3) is 0.286. The first kappa shape index (κ1) is 20.2. The van der Waals surface area contributed by atoms with Crippen molar-refractivity contribution in [2.45, 2.75) is 26.2 Å². The summed E-state index contributed by atoms with van der Waals surface area (Å²) in [6.07, 6.45) is 2.29. The molecule has 0 unspecified atom stereocenters. The zero-order valence-electron chi connectivity index (χ0n) is 16.2. The molecule has 0 saturated heterocycles. The van der Waals surface area contributed by atoms with Crippen LogP contribution in [0.1, 0.15) is 36.0 Å². The molecule has 2 aromatic carbocycles. The van der Waals surface area contributed by atoms with Gasteiger partial charge in [0.2, 0.25) is 11.7 Å². The third kappa shape index (κ3) is 5.25. The monoisotopic (exact) mass is 394 g/mol. The first-order valence-corrected chi connectivity index (χ1v) is 9.50. The van der Waals surface area contributed by atoms with E-state index < -0.39 is 4.92 Å². The van der Waals surface area contributed by atoms with Crippen molar-refractivity contribution in [3.8, 4) is 11.4 Å². The van der Waals surface area contributed by atoms with E-state index in [1.54, 1.807) is 29.2 Å². The van der Waals surface area contributed by atoms with E-state index in [1.807, 2.05) is 18.2 Å². The second-order valence-corrected chi connectivity index (χ2v) is 6.58. The average Bonchev–Trinajstić information content (AvgIpc) is 3.23. The van der Waals surface area contributed by atoms with Crippen LogP contribution in [-0.2, 0) is 6.42 Å². The minimum Gasteiger partial charge on any atom is -0.339 e. The number of nitro benzene ring substituents is 1. The molecule has 8 heteroatoms. The van der Waals surface area contributed by atoms with Gasteiger partial charge < -0.3 is 9.42 Å². The van der Waals surface area contributed by atoms with Crippen molar-refractivity contribution >= 4 is 11.6 Å². The van der Waals surface area contributed by atoms with Gasteiger partial charge in [0.1, 0.15) is 0 Å². The maximum Gasteiger partial charge on any atom is 0.270 e. The first-order valence-electron chi connectivity index (χ1n) is 9.50. The van der Waals surface area contributed by atoms with E-state index in [2.05, 4.69) is 17.1 Å². The Labute approximate surface area is 168 Å². The molecule has 8 nitrogen and oxygen atoms in total. The number of aromatic nitrogens is 2. The Hall–Kier alpha value is -3.55. The Balaban J connectivity index is 1.69. The minimum atomic E-state index is -0.467. The van der Waals surface area contributed by atoms with E-state index in [-0.39, 0.29) is 17.4 Å². The molecular formula is C21H22N4O4. The summed E-state index contributed by atoms with van der Waals surface area (Å²) in [7, 11) is 0. The SMILES string of the molecule is CCCCN(CCc1nc(-c2cccc([N+](=O)[O-])c2)no1)C(=O)c1ccccc1. The molecule has 150 valence electrons. The van der Waals surface area contributed by atoms with Crippen LogP contribution in [0.25, 0.3) is 11.4 Å². The highest BCUT2D eigenvalue weighted by atomic mass is 16.6. The van der Waals surface area contributed by atoms with Gasteiger partial charge in [-0.25, -0.2) is 0 Å². The van der Waals surface area contributed by atoms with Crippen LogP contribution in [0.3, 0.4) is 0 Å². The van der Waals surface area contributed by atoms with E-state index in [0.29, 0.717) is 36.5 Å². The van der Waals surface area contributed by atoms with Gasteiger partial charge in [0.25, 0.3) is 11.6 Å². The summed E-state index contributed by atoms with van der Waals surface area (Å²) in [6.45, 7) is 3.18.